The van der Waals surface area contributed by atoms with Gasteiger partial charge in [-0.2, -0.15) is 0 Å². The molecule has 0 amide bonds. The van der Waals surface area contributed by atoms with Crippen LogP contribution in [-0.2, 0) is 6.54 Å². The Balaban J connectivity index is 2.20. The molecule has 1 aliphatic rings. The van der Waals surface area contributed by atoms with Crippen LogP contribution in [0.3, 0.4) is 0 Å². The zero-order valence-corrected chi connectivity index (χ0v) is 11.3. The Morgan fingerprint density at radius 1 is 1.53 bits per heavy atom. The molecule has 0 saturated heterocycles. The van der Waals surface area contributed by atoms with E-state index in [-0.39, 0.29) is 10.6 Å². The van der Waals surface area contributed by atoms with E-state index < -0.39 is 0 Å². The topological polar surface area (TPSA) is 46.4 Å². The van der Waals surface area contributed by atoms with Gasteiger partial charge in [-0.05, 0) is 40.9 Å². The number of benzene rings is 1. The monoisotopic (exact) mass is 298 g/mol. The summed E-state index contributed by atoms with van der Waals surface area (Å²) >= 11 is 3.34. The lowest BCUT2D eigenvalue weighted by Gasteiger charge is -2.20. The van der Waals surface area contributed by atoms with E-state index in [2.05, 4.69) is 27.8 Å². The predicted molar refractivity (Wildman–Crippen MR) is 69.9 cm³/mol. The maximum atomic E-state index is 10.8. The lowest BCUT2D eigenvalue weighted by Crippen LogP contribution is -2.25. The molecule has 2 rings (SSSR count). The van der Waals surface area contributed by atoms with Crippen LogP contribution in [0.25, 0.3) is 0 Å². The van der Waals surface area contributed by atoms with E-state index in [0.717, 1.165) is 18.7 Å². The molecule has 1 saturated carbocycles. The first kappa shape index (κ1) is 12.5. The minimum absolute atomic E-state index is 0.148. The van der Waals surface area contributed by atoms with Crippen LogP contribution in [0.5, 0.6) is 0 Å². The van der Waals surface area contributed by atoms with Gasteiger partial charge >= 0.3 is 0 Å². The fraction of sp³-hybridized carbons (Fsp3) is 0.500. The van der Waals surface area contributed by atoms with Crippen LogP contribution in [0.2, 0.25) is 0 Å². The van der Waals surface area contributed by atoms with Crippen molar-refractivity contribution in [3.63, 3.8) is 0 Å². The van der Waals surface area contributed by atoms with Crippen LogP contribution < -0.4 is 0 Å². The van der Waals surface area contributed by atoms with Gasteiger partial charge < -0.3 is 0 Å². The van der Waals surface area contributed by atoms with Crippen LogP contribution in [0.15, 0.2) is 22.7 Å². The van der Waals surface area contributed by atoms with Crippen molar-refractivity contribution in [3.8, 4) is 0 Å². The molecular formula is C12H15BrN2O2. The van der Waals surface area contributed by atoms with E-state index in [0.29, 0.717) is 10.5 Å². The van der Waals surface area contributed by atoms with Gasteiger partial charge in [0.15, 0.2) is 0 Å². The van der Waals surface area contributed by atoms with Gasteiger partial charge in [-0.3, -0.25) is 15.0 Å². The minimum atomic E-state index is -0.346. The van der Waals surface area contributed by atoms with Crippen LogP contribution in [0, 0.1) is 10.1 Å². The van der Waals surface area contributed by atoms with Crippen molar-refractivity contribution >= 4 is 21.6 Å². The normalized spacial score (nSPS) is 15.2. The third kappa shape index (κ3) is 2.84. The van der Waals surface area contributed by atoms with E-state index in [1.54, 1.807) is 6.07 Å². The number of hydrogen-bond donors (Lipinski definition) is 0. The molecule has 0 atom stereocenters. The highest BCUT2D eigenvalue weighted by Gasteiger charge is 2.28. The smallest absolute Gasteiger partial charge is 0.283 e. The summed E-state index contributed by atoms with van der Waals surface area (Å²) in [5, 5.41) is 10.8. The molecule has 0 N–H and O–H groups in total. The van der Waals surface area contributed by atoms with Gasteiger partial charge in [-0.25, -0.2) is 0 Å². The number of hydrogen-bond acceptors (Lipinski definition) is 3. The Hall–Kier alpha value is -0.940. The lowest BCUT2D eigenvalue weighted by atomic mass is 10.2. The molecule has 92 valence electrons. The van der Waals surface area contributed by atoms with E-state index in [4.69, 9.17) is 0 Å². The van der Waals surface area contributed by atoms with Crippen molar-refractivity contribution in [2.45, 2.75) is 32.4 Å². The van der Waals surface area contributed by atoms with Crippen LogP contribution in [-0.4, -0.2) is 22.4 Å². The van der Waals surface area contributed by atoms with Crippen LogP contribution >= 0.6 is 15.9 Å². The second kappa shape index (κ2) is 5.14. The van der Waals surface area contributed by atoms with Gasteiger partial charge in [0.2, 0.25) is 0 Å². The molecule has 1 aliphatic carbocycles. The van der Waals surface area contributed by atoms with Gasteiger partial charge in [-0.15, -0.1) is 0 Å². The molecule has 0 radical (unpaired) electrons. The number of nitrogens with zero attached hydrogens (tertiary/aromatic N) is 2. The number of halogens is 1. The zero-order valence-electron chi connectivity index (χ0n) is 9.73. The fourth-order valence-corrected chi connectivity index (χ4v) is 2.52. The Morgan fingerprint density at radius 3 is 2.76 bits per heavy atom. The first-order valence-corrected chi connectivity index (χ1v) is 6.58. The van der Waals surface area contributed by atoms with Gasteiger partial charge in [0.25, 0.3) is 5.69 Å². The Morgan fingerprint density at radius 2 is 2.24 bits per heavy atom. The van der Waals surface area contributed by atoms with Gasteiger partial charge in [0.1, 0.15) is 0 Å². The minimum Gasteiger partial charge on any atom is -0.296 e. The Bertz CT molecular complexity index is 433. The fourth-order valence-electron chi connectivity index (χ4n) is 1.99. The summed E-state index contributed by atoms with van der Waals surface area (Å²) in [5.41, 5.74) is 1.14. The van der Waals surface area contributed by atoms with Crippen molar-refractivity contribution in [2.75, 3.05) is 6.54 Å². The summed E-state index contributed by atoms with van der Waals surface area (Å²) in [6.45, 7) is 3.90. The molecule has 0 aromatic heterocycles. The van der Waals surface area contributed by atoms with E-state index in [1.807, 2.05) is 6.07 Å². The number of nitro benzene ring substituents is 1. The summed E-state index contributed by atoms with van der Waals surface area (Å²) in [6.07, 6.45) is 2.50. The molecular weight excluding hydrogens is 284 g/mol. The van der Waals surface area contributed by atoms with E-state index in [9.17, 15) is 10.1 Å². The molecule has 1 fully saturated rings. The Labute approximate surface area is 109 Å². The maximum absolute atomic E-state index is 10.8. The summed E-state index contributed by atoms with van der Waals surface area (Å²) in [6, 6.07) is 5.90. The molecule has 0 bridgehead atoms. The molecule has 0 unspecified atom stereocenters. The van der Waals surface area contributed by atoms with Gasteiger partial charge in [0.05, 0.1) is 9.40 Å². The average Bonchev–Trinajstić information content (AvgIpc) is 3.11. The molecule has 0 spiro atoms. The molecule has 4 nitrogen and oxygen atoms in total. The standard InChI is InChI=1S/C12H15BrN2O2/c1-2-14(10-6-7-10)8-9-4-3-5-11(12(9)13)15(16)17/h3-5,10H,2,6-8H2,1H3. The van der Waals surface area contributed by atoms with Crippen molar-refractivity contribution in [2.24, 2.45) is 0 Å². The lowest BCUT2D eigenvalue weighted by molar-refractivity contribution is -0.385. The van der Waals surface area contributed by atoms with Gasteiger partial charge in [-0.1, -0.05) is 19.1 Å². The third-order valence-electron chi connectivity index (χ3n) is 3.10. The second-order valence-electron chi connectivity index (χ2n) is 4.30. The second-order valence-corrected chi connectivity index (χ2v) is 5.09. The molecule has 5 heteroatoms. The summed E-state index contributed by atoms with van der Waals surface area (Å²) in [4.78, 5) is 12.9. The summed E-state index contributed by atoms with van der Waals surface area (Å²) in [5.74, 6) is 0. The van der Waals surface area contributed by atoms with E-state index >= 15 is 0 Å². The summed E-state index contributed by atoms with van der Waals surface area (Å²) in [7, 11) is 0. The van der Waals surface area contributed by atoms with Crippen molar-refractivity contribution < 1.29 is 4.92 Å². The van der Waals surface area contributed by atoms with Gasteiger partial charge in [0, 0.05) is 18.7 Å². The number of nitro groups is 1. The SMILES string of the molecule is CCN(Cc1cccc([N+](=O)[O-])c1Br)C1CC1. The zero-order chi connectivity index (χ0) is 12.4. The first-order valence-electron chi connectivity index (χ1n) is 5.79. The van der Waals surface area contributed by atoms with Crippen LogP contribution in [0.1, 0.15) is 25.3 Å². The molecule has 0 heterocycles. The van der Waals surface area contributed by atoms with Crippen molar-refractivity contribution in [3.05, 3.63) is 38.3 Å². The quantitative estimate of drug-likeness (QED) is 0.619. The highest BCUT2D eigenvalue weighted by Crippen LogP contribution is 2.32. The van der Waals surface area contributed by atoms with Crippen molar-refractivity contribution in [1.29, 1.82) is 0 Å². The Kier molecular flexibility index (Phi) is 3.79. The maximum Gasteiger partial charge on any atom is 0.283 e. The average molecular weight is 299 g/mol. The summed E-state index contributed by atoms with van der Waals surface area (Å²) < 4.78 is 0.615. The molecule has 17 heavy (non-hydrogen) atoms. The highest BCUT2D eigenvalue weighted by atomic mass is 79.9. The van der Waals surface area contributed by atoms with Crippen molar-refractivity contribution in [1.82, 2.24) is 4.90 Å². The molecule has 1 aromatic rings. The largest absolute Gasteiger partial charge is 0.296 e. The molecule has 0 aliphatic heterocycles. The molecule has 1 aromatic carbocycles. The van der Waals surface area contributed by atoms with Crippen LogP contribution in [0.4, 0.5) is 5.69 Å². The number of rotatable bonds is 5. The highest BCUT2D eigenvalue weighted by molar-refractivity contribution is 9.10. The predicted octanol–water partition coefficient (Wildman–Crippen LogP) is 3.34. The third-order valence-corrected chi connectivity index (χ3v) is 4.01. The first-order chi connectivity index (χ1) is 8.13. The van der Waals surface area contributed by atoms with E-state index in [1.165, 1.54) is 18.9 Å².